The molecular formula is C12H18N3O5P. The van der Waals surface area contributed by atoms with Crippen molar-refractivity contribution in [2.45, 2.75) is 25.9 Å². The zero-order chi connectivity index (χ0) is 16.2. The number of aromatic nitrogens is 1. The van der Waals surface area contributed by atoms with E-state index in [0.717, 1.165) is 0 Å². The van der Waals surface area contributed by atoms with Gasteiger partial charge in [-0.2, -0.15) is 0 Å². The molecule has 0 bridgehead atoms. The normalized spacial score (nSPS) is 13.0. The molecule has 9 heteroatoms. The lowest BCUT2D eigenvalue weighted by Crippen LogP contribution is -2.29. The average Bonchev–Trinajstić information content (AvgIpc) is 2.35. The summed E-state index contributed by atoms with van der Waals surface area (Å²) in [4.78, 5) is 45.1. The third-order valence-corrected chi connectivity index (χ3v) is 3.94. The Labute approximate surface area is 121 Å². The molecule has 5 N–H and O–H groups in total. The second-order valence-electron chi connectivity index (χ2n) is 5.02. The van der Waals surface area contributed by atoms with Gasteiger partial charge in [0.15, 0.2) is 0 Å². The minimum atomic E-state index is -4.55. The lowest BCUT2D eigenvalue weighted by Gasteiger charge is -2.19. The molecule has 116 valence electrons. The first-order valence-electron chi connectivity index (χ1n) is 6.23. The van der Waals surface area contributed by atoms with Gasteiger partial charge in [0.1, 0.15) is 11.4 Å². The van der Waals surface area contributed by atoms with E-state index in [4.69, 9.17) is 5.73 Å². The van der Waals surface area contributed by atoms with Crippen LogP contribution in [-0.4, -0.2) is 32.2 Å². The van der Waals surface area contributed by atoms with Crippen molar-refractivity contribution in [2.24, 2.45) is 11.7 Å². The maximum Gasteiger partial charge on any atom is 0.337 e. The molecule has 2 amide bonds. The van der Waals surface area contributed by atoms with Gasteiger partial charge in [0.2, 0.25) is 5.91 Å². The molecule has 1 unspecified atom stereocenters. The number of nitrogens with two attached hydrogens (primary N) is 1. The molecule has 0 aliphatic carbocycles. The van der Waals surface area contributed by atoms with E-state index in [9.17, 15) is 23.9 Å². The van der Waals surface area contributed by atoms with Crippen LogP contribution in [0.3, 0.4) is 0 Å². The van der Waals surface area contributed by atoms with Gasteiger partial charge in [-0.1, -0.05) is 13.8 Å². The van der Waals surface area contributed by atoms with E-state index in [1.165, 1.54) is 18.3 Å². The Morgan fingerprint density at radius 3 is 2.38 bits per heavy atom. The minimum absolute atomic E-state index is 0.0294. The van der Waals surface area contributed by atoms with E-state index >= 15 is 0 Å². The number of nitrogens with zero attached hydrogens (tertiary/aromatic N) is 1. The van der Waals surface area contributed by atoms with E-state index in [0.29, 0.717) is 0 Å². The van der Waals surface area contributed by atoms with Gasteiger partial charge < -0.3 is 20.8 Å². The predicted molar refractivity (Wildman–Crippen MR) is 76.7 cm³/mol. The van der Waals surface area contributed by atoms with Gasteiger partial charge in [-0.15, -0.1) is 0 Å². The second-order valence-corrected chi connectivity index (χ2v) is 6.82. The summed E-state index contributed by atoms with van der Waals surface area (Å²) in [5.74, 6) is -1.55. The van der Waals surface area contributed by atoms with Gasteiger partial charge in [0, 0.05) is 0 Å². The Balaban J connectivity index is 2.86. The van der Waals surface area contributed by atoms with E-state index in [1.54, 1.807) is 13.8 Å². The van der Waals surface area contributed by atoms with Crippen LogP contribution < -0.4 is 11.1 Å². The first-order valence-corrected chi connectivity index (χ1v) is 7.91. The Kier molecular flexibility index (Phi) is 5.60. The lowest BCUT2D eigenvalue weighted by atomic mass is 10.1. The standard InChI is InChI=1S/C12H18N3O5P/c1-7(2)5-10(21(18,19)20)12(17)15-8-3-4-9(11(13)16)14-6-8/h3-4,6-7,10H,5H2,1-2H3,(H2,13,16)(H,15,17)(H2,18,19,20). The Morgan fingerprint density at radius 2 is 2.00 bits per heavy atom. The fraction of sp³-hybridized carbons (Fsp3) is 0.417. The van der Waals surface area contributed by atoms with E-state index in [1.807, 2.05) is 0 Å². The number of rotatable bonds is 6. The fourth-order valence-corrected chi connectivity index (χ4v) is 2.75. The van der Waals surface area contributed by atoms with Crippen LogP contribution in [0.2, 0.25) is 0 Å². The summed E-state index contributed by atoms with van der Waals surface area (Å²) in [5.41, 5.74) is 3.87. The molecule has 0 aliphatic heterocycles. The molecule has 8 nitrogen and oxygen atoms in total. The number of pyridine rings is 1. The number of hydrogen-bond donors (Lipinski definition) is 4. The quantitative estimate of drug-likeness (QED) is 0.569. The number of carbonyl (C=O) groups is 2. The number of nitrogens with one attached hydrogen (secondary N) is 1. The smallest absolute Gasteiger partial charge is 0.337 e. The summed E-state index contributed by atoms with van der Waals surface area (Å²) in [7, 11) is -4.55. The lowest BCUT2D eigenvalue weighted by molar-refractivity contribution is -0.116. The molecule has 0 aromatic carbocycles. The van der Waals surface area contributed by atoms with Crippen molar-refractivity contribution in [3.05, 3.63) is 24.0 Å². The molecule has 0 aliphatic rings. The number of primary amides is 1. The molecule has 0 fully saturated rings. The maximum absolute atomic E-state index is 12.0. The molecular weight excluding hydrogens is 297 g/mol. The van der Waals surface area contributed by atoms with Crippen molar-refractivity contribution in [2.75, 3.05) is 5.32 Å². The van der Waals surface area contributed by atoms with Gasteiger partial charge in [0.05, 0.1) is 11.9 Å². The van der Waals surface area contributed by atoms with Gasteiger partial charge in [-0.25, -0.2) is 4.98 Å². The highest BCUT2D eigenvalue weighted by Crippen LogP contribution is 2.44. The van der Waals surface area contributed by atoms with Crippen LogP contribution in [0.4, 0.5) is 5.69 Å². The summed E-state index contributed by atoms with van der Waals surface area (Å²) in [5, 5.41) is 2.37. The van der Waals surface area contributed by atoms with Crippen LogP contribution in [0.15, 0.2) is 18.3 Å². The van der Waals surface area contributed by atoms with Gasteiger partial charge in [0.25, 0.3) is 5.91 Å². The van der Waals surface area contributed by atoms with E-state index < -0.39 is 25.1 Å². The Hall–Kier alpha value is -1.76. The van der Waals surface area contributed by atoms with Crippen molar-refractivity contribution in [1.29, 1.82) is 0 Å². The van der Waals surface area contributed by atoms with Crippen molar-refractivity contribution in [1.82, 2.24) is 4.98 Å². The highest BCUT2D eigenvalue weighted by atomic mass is 31.2. The Morgan fingerprint density at radius 1 is 1.38 bits per heavy atom. The van der Waals surface area contributed by atoms with Crippen molar-refractivity contribution in [3.63, 3.8) is 0 Å². The highest BCUT2D eigenvalue weighted by Gasteiger charge is 2.36. The van der Waals surface area contributed by atoms with Crippen LogP contribution >= 0.6 is 7.60 Å². The minimum Gasteiger partial charge on any atom is -0.364 e. The third-order valence-electron chi connectivity index (χ3n) is 2.69. The molecule has 0 saturated heterocycles. The van der Waals surface area contributed by atoms with Crippen molar-refractivity contribution < 1.29 is 23.9 Å². The number of hydrogen-bond acceptors (Lipinski definition) is 4. The number of anilines is 1. The molecule has 1 rings (SSSR count). The monoisotopic (exact) mass is 315 g/mol. The molecule has 1 aromatic rings. The highest BCUT2D eigenvalue weighted by molar-refractivity contribution is 7.53. The third kappa shape index (κ3) is 5.26. The van der Waals surface area contributed by atoms with Crippen molar-refractivity contribution >= 4 is 25.1 Å². The SMILES string of the molecule is CC(C)CC(C(=O)Nc1ccc(C(N)=O)nc1)P(=O)(O)O. The second kappa shape index (κ2) is 6.80. The molecule has 1 atom stereocenters. The first-order chi connectivity index (χ1) is 9.61. The molecule has 0 saturated carbocycles. The maximum atomic E-state index is 12.0. The zero-order valence-corrected chi connectivity index (χ0v) is 12.6. The molecule has 21 heavy (non-hydrogen) atoms. The van der Waals surface area contributed by atoms with Crippen LogP contribution in [0.25, 0.3) is 0 Å². The topological polar surface area (TPSA) is 143 Å². The van der Waals surface area contributed by atoms with Gasteiger partial charge in [-0.3, -0.25) is 14.2 Å². The summed E-state index contributed by atoms with van der Waals surface area (Å²) in [6, 6.07) is 2.70. The Bertz CT molecular complexity index is 567. The zero-order valence-electron chi connectivity index (χ0n) is 11.7. The summed E-state index contributed by atoms with van der Waals surface area (Å²) in [6.07, 6.45) is 1.26. The predicted octanol–water partition coefficient (Wildman–Crippen LogP) is 0.711. The summed E-state index contributed by atoms with van der Waals surface area (Å²) in [6.45, 7) is 3.53. The molecule has 0 radical (unpaired) electrons. The van der Waals surface area contributed by atoms with Crippen LogP contribution in [-0.2, 0) is 9.36 Å². The van der Waals surface area contributed by atoms with E-state index in [-0.39, 0.29) is 23.7 Å². The van der Waals surface area contributed by atoms with Crippen molar-refractivity contribution in [3.8, 4) is 0 Å². The fourth-order valence-electron chi connectivity index (χ4n) is 1.68. The number of amides is 2. The average molecular weight is 315 g/mol. The summed E-state index contributed by atoms with van der Waals surface area (Å²) < 4.78 is 11.4. The van der Waals surface area contributed by atoms with Gasteiger partial charge in [-0.05, 0) is 24.5 Å². The molecule has 0 spiro atoms. The largest absolute Gasteiger partial charge is 0.364 e. The molecule has 1 heterocycles. The van der Waals surface area contributed by atoms with Crippen LogP contribution in [0.5, 0.6) is 0 Å². The summed E-state index contributed by atoms with van der Waals surface area (Å²) >= 11 is 0. The number of carbonyl (C=O) groups excluding carboxylic acids is 2. The van der Waals surface area contributed by atoms with Crippen LogP contribution in [0, 0.1) is 5.92 Å². The van der Waals surface area contributed by atoms with Gasteiger partial charge >= 0.3 is 7.60 Å². The van der Waals surface area contributed by atoms with Crippen LogP contribution in [0.1, 0.15) is 30.8 Å². The van der Waals surface area contributed by atoms with E-state index in [2.05, 4.69) is 10.3 Å². The first kappa shape index (κ1) is 17.3. The molecule has 1 aromatic heterocycles.